The van der Waals surface area contributed by atoms with Crippen LogP contribution in [-0.4, -0.2) is 6.04 Å². The van der Waals surface area contributed by atoms with Crippen molar-refractivity contribution in [3.63, 3.8) is 0 Å². The molecule has 0 aliphatic heterocycles. The van der Waals surface area contributed by atoms with Crippen LogP contribution in [0.1, 0.15) is 51.9 Å². The average molecular weight is 219 g/mol. The molecule has 4 rings (SSSR count). The van der Waals surface area contributed by atoms with Gasteiger partial charge in [-0.1, -0.05) is 13.0 Å². The van der Waals surface area contributed by atoms with E-state index in [-0.39, 0.29) is 0 Å². The van der Waals surface area contributed by atoms with Crippen molar-refractivity contribution in [3.05, 3.63) is 12.7 Å². The molecule has 3 unspecified atom stereocenters. The molecular weight excluding hydrogens is 194 g/mol. The number of hydrogen-bond acceptors (Lipinski definition) is 1. The monoisotopic (exact) mass is 219 g/mol. The van der Waals surface area contributed by atoms with Gasteiger partial charge in [-0.05, 0) is 67.6 Å². The second kappa shape index (κ2) is 3.35. The minimum atomic E-state index is 0.371. The summed E-state index contributed by atoms with van der Waals surface area (Å²) in [5.74, 6) is 1.98. The lowest BCUT2D eigenvalue weighted by Crippen LogP contribution is -2.57. The van der Waals surface area contributed by atoms with Gasteiger partial charge in [0.15, 0.2) is 0 Å². The molecule has 2 N–H and O–H groups in total. The van der Waals surface area contributed by atoms with Gasteiger partial charge in [-0.3, -0.25) is 0 Å². The molecule has 90 valence electrons. The Kier molecular flexibility index (Phi) is 2.27. The molecular formula is C15H25N. The summed E-state index contributed by atoms with van der Waals surface area (Å²) in [6.45, 7) is 6.38. The van der Waals surface area contributed by atoms with Gasteiger partial charge >= 0.3 is 0 Å². The summed E-state index contributed by atoms with van der Waals surface area (Å²) in [4.78, 5) is 0. The van der Waals surface area contributed by atoms with E-state index in [1.54, 1.807) is 0 Å². The minimum absolute atomic E-state index is 0.371. The molecule has 4 fully saturated rings. The summed E-state index contributed by atoms with van der Waals surface area (Å²) >= 11 is 0. The fourth-order valence-electron chi connectivity index (χ4n) is 5.66. The Balaban J connectivity index is 1.88. The zero-order valence-corrected chi connectivity index (χ0v) is 10.5. The van der Waals surface area contributed by atoms with Gasteiger partial charge < -0.3 is 5.73 Å². The van der Waals surface area contributed by atoms with Crippen molar-refractivity contribution in [2.45, 2.75) is 57.9 Å². The van der Waals surface area contributed by atoms with Crippen molar-refractivity contribution < 1.29 is 0 Å². The Labute approximate surface area is 99.5 Å². The lowest BCUT2D eigenvalue weighted by Gasteiger charge is -2.63. The molecule has 1 heteroatoms. The van der Waals surface area contributed by atoms with Crippen molar-refractivity contribution in [1.82, 2.24) is 0 Å². The molecule has 4 aliphatic carbocycles. The number of hydrogen-bond donors (Lipinski definition) is 1. The lowest BCUT2D eigenvalue weighted by molar-refractivity contribution is -0.112. The van der Waals surface area contributed by atoms with Crippen molar-refractivity contribution in [2.75, 3.05) is 0 Å². The molecule has 0 saturated heterocycles. The Morgan fingerprint density at radius 3 is 2.44 bits per heavy atom. The highest BCUT2D eigenvalue weighted by Gasteiger charge is 2.57. The highest BCUT2D eigenvalue weighted by molar-refractivity contribution is 5.10. The first-order chi connectivity index (χ1) is 7.55. The zero-order valence-electron chi connectivity index (χ0n) is 10.5. The molecule has 0 spiro atoms. The molecule has 16 heavy (non-hydrogen) atoms. The molecule has 0 aromatic carbocycles. The second-order valence-corrected chi connectivity index (χ2v) is 7.26. The summed E-state index contributed by atoms with van der Waals surface area (Å²) in [7, 11) is 0. The van der Waals surface area contributed by atoms with Crippen LogP contribution in [0.25, 0.3) is 0 Å². The fourth-order valence-corrected chi connectivity index (χ4v) is 5.66. The quantitative estimate of drug-likeness (QED) is 0.722. The van der Waals surface area contributed by atoms with Crippen LogP contribution in [0.5, 0.6) is 0 Å². The van der Waals surface area contributed by atoms with Gasteiger partial charge in [0.1, 0.15) is 0 Å². The number of rotatable bonds is 3. The van der Waals surface area contributed by atoms with Crippen LogP contribution in [0, 0.1) is 22.7 Å². The minimum Gasteiger partial charge on any atom is -0.327 e. The van der Waals surface area contributed by atoms with Gasteiger partial charge in [0, 0.05) is 6.04 Å². The van der Waals surface area contributed by atoms with E-state index in [4.69, 9.17) is 5.73 Å². The van der Waals surface area contributed by atoms with Gasteiger partial charge in [0.25, 0.3) is 0 Å². The maximum Gasteiger partial charge on any atom is 0.0131 e. The molecule has 0 aromatic rings. The van der Waals surface area contributed by atoms with E-state index in [2.05, 4.69) is 13.5 Å². The predicted octanol–water partition coefficient (Wildman–Crippen LogP) is 3.50. The van der Waals surface area contributed by atoms with Crippen LogP contribution < -0.4 is 5.73 Å². The first kappa shape index (κ1) is 10.8. The van der Waals surface area contributed by atoms with Crippen LogP contribution in [0.4, 0.5) is 0 Å². The molecule has 0 heterocycles. The number of nitrogens with two attached hydrogens (primary N) is 1. The predicted molar refractivity (Wildman–Crippen MR) is 68.0 cm³/mol. The standard InChI is InChI=1S/C15H25N/c1-3-4-13(16)15-8-11-5-12(9-15)7-14(2,6-11)10-15/h3,11-13H,1,4-10,16H2,2H3. The van der Waals surface area contributed by atoms with Gasteiger partial charge in [0.05, 0.1) is 0 Å². The van der Waals surface area contributed by atoms with Gasteiger partial charge in [0.2, 0.25) is 0 Å². The molecule has 0 aromatic heterocycles. The molecule has 3 atom stereocenters. The Morgan fingerprint density at radius 1 is 1.31 bits per heavy atom. The van der Waals surface area contributed by atoms with E-state index in [9.17, 15) is 0 Å². The second-order valence-electron chi connectivity index (χ2n) is 7.26. The lowest BCUT2D eigenvalue weighted by atomic mass is 9.43. The van der Waals surface area contributed by atoms with Crippen LogP contribution >= 0.6 is 0 Å². The highest BCUT2D eigenvalue weighted by Crippen LogP contribution is 2.66. The van der Waals surface area contributed by atoms with E-state index in [0.717, 1.165) is 18.3 Å². The van der Waals surface area contributed by atoms with Crippen LogP contribution in [0.2, 0.25) is 0 Å². The Morgan fingerprint density at radius 2 is 1.94 bits per heavy atom. The zero-order chi connectivity index (χ0) is 11.4. The third-order valence-corrected chi connectivity index (χ3v) is 5.61. The third kappa shape index (κ3) is 1.48. The van der Waals surface area contributed by atoms with Crippen molar-refractivity contribution in [3.8, 4) is 0 Å². The largest absolute Gasteiger partial charge is 0.327 e. The summed E-state index contributed by atoms with van der Waals surface area (Å²) in [5.41, 5.74) is 7.58. The third-order valence-electron chi connectivity index (χ3n) is 5.61. The first-order valence-electron chi connectivity index (χ1n) is 6.92. The Bertz CT molecular complexity index is 293. The Hall–Kier alpha value is -0.300. The summed E-state index contributed by atoms with van der Waals surface area (Å²) in [6, 6.07) is 0.371. The van der Waals surface area contributed by atoms with Gasteiger partial charge in [-0.2, -0.15) is 0 Å². The molecule has 4 saturated carbocycles. The van der Waals surface area contributed by atoms with Crippen molar-refractivity contribution in [1.29, 1.82) is 0 Å². The SMILES string of the molecule is C=CCC(N)C12CC3CC(CC(C)(C3)C1)C2. The molecule has 4 aliphatic rings. The highest BCUT2D eigenvalue weighted by atomic mass is 14.7. The van der Waals surface area contributed by atoms with Crippen LogP contribution in [0.3, 0.4) is 0 Å². The van der Waals surface area contributed by atoms with E-state index in [1.807, 2.05) is 6.08 Å². The van der Waals surface area contributed by atoms with Crippen molar-refractivity contribution in [2.24, 2.45) is 28.4 Å². The van der Waals surface area contributed by atoms with E-state index in [0.29, 0.717) is 16.9 Å². The van der Waals surface area contributed by atoms with E-state index >= 15 is 0 Å². The molecule has 0 amide bonds. The molecule has 1 nitrogen and oxygen atoms in total. The van der Waals surface area contributed by atoms with E-state index < -0.39 is 0 Å². The topological polar surface area (TPSA) is 26.0 Å². The molecule has 4 bridgehead atoms. The van der Waals surface area contributed by atoms with Crippen LogP contribution in [-0.2, 0) is 0 Å². The molecule has 0 radical (unpaired) electrons. The smallest absolute Gasteiger partial charge is 0.0131 e. The maximum absolute atomic E-state index is 6.47. The fraction of sp³-hybridized carbons (Fsp3) is 0.867. The maximum atomic E-state index is 6.47. The normalized spacial score (nSPS) is 51.6. The van der Waals surface area contributed by atoms with Crippen LogP contribution in [0.15, 0.2) is 12.7 Å². The van der Waals surface area contributed by atoms with E-state index in [1.165, 1.54) is 38.5 Å². The summed E-state index contributed by atoms with van der Waals surface area (Å²) in [5, 5.41) is 0. The van der Waals surface area contributed by atoms with Gasteiger partial charge in [-0.15, -0.1) is 6.58 Å². The average Bonchev–Trinajstić information content (AvgIpc) is 2.13. The first-order valence-corrected chi connectivity index (χ1v) is 6.92. The summed E-state index contributed by atoms with van der Waals surface area (Å²) < 4.78 is 0. The summed E-state index contributed by atoms with van der Waals surface area (Å²) in [6.07, 6.45) is 11.7. The van der Waals surface area contributed by atoms with Crippen molar-refractivity contribution >= 4 is 0 Å². The van der Waals surface area contributed by atoms with Gasteiger partial charge in [-0.25, -0.2) is 0 Å².